The highest BCUT2D eigenvalue weighted by molar-refractivity contribution is 6.17. The fourth-order valence-electron chi connectivity index (χ4n) is 4.44. The van der Waals surface area contributed by atoms with Crippen molar-refractivity contribution in [3.8, 4) is 11.1 Å². The summed E-state index contributed by atoms with van der Waals surface area (Å²) < 4.78 is 0. The van der Waals surface area contributed by atoms with Gasteiger partial charge in [-0.25, -0.2) is 0 Å². The average Bonchev–Trinajstić information content (AvgIpc) is 2.84. The molecule has 0 fully saturated rings. The minimum atomic E-state index is 1.09. The molecule has 6 rings (SSSR count). The summed E-state index contributed by atoms with van der Waals surface area (Å²) in [6, 6.07) is 43.2. The van der Waals surface area contributed by atoms with Crippen LogP contribution in [0.1, 0.15) is 0 Å². The van der Waals surface area contributed by atoms with Gasteiger partial charge in [-0.05, 0) is 67.7 Å². The van der Waals surface area contributed by atoms with Gasteiger partial charge in [0.1, 0.15) is 0 Å². The topological polar surface area (TPSA) is 12.0 Å². The third-order valence-electron chi connectivity index (χ3n) is 6.02. The van der Waals surface area contributed by atoms with Gasteiger partial charge in [0, 0.05) is 11.4 Å². The van der Waals surface area contributed by atoms with Crippen LogP contribution in [0.5, 0.6) is 0 Å². The lowest BCUT2D eigenvalue weighted by Gasteiger charge is -2.11. The number of anilines is 2. The van der Waals surface area contributed by atoms with Crippen LogP contribution in [0.4, 0.5) is 11.4 Å². The van der Waals surface area contributed by atoms with Crippen molar-refractivity contribution in [2.24, 2.45) is 0 Å². The summed E-state index contributed by atoms with van der Waals surface area (Å²) in [5, 5.41) is 11.3. The Morgan fingerprint density at radius 1 is 0.355 bits per heavy atom. The molecule has 0 aliphatic heterocycles. The van der Waals surface area contributed by atoms with Crippen LogP contribution in [0, 0.1) is 0 Å². The summed E-state index contributed by atoms with van der Waals surface area (Å²) in [6.45, 7) is 0. The summed E-state index contributed by atoms with van der Waals surface area (Å²) in [5.41, 5.74) is 4.64. The van der Waals surface area contributed by atoms with Gasteiger partial charge in [0.2, 0.25) is 0 Å². The van der Waals surface area contributed by atoms with E-state index in [1.807, 2.05) is 6.07 Å². The van der Waals surface area contributed by atoms with Crippen LogP contribution in [0.2, 0.25) is 0 Å². The van der Waals surface area contributed by atoms with Crippen molar-refractivity contribution in [1.29, 1.82) is 0 Å². The number of rotatable bonds is 3. The molecule has 0 aliphatic rings. The van der Waals surface area contributed by atoms with E-state index >= 15 is 0 Å². The van der Waals surface area contributed by atoms with Crippen LogP contribution in [0.3, 0.4) is 0 Å². The second-order valence-corrected chi connectivity index (χ2v) is 7.95. The van der Waals surface area contributed by atoms with Crippen molar-refractivity contribution in [2.75, 3.05) is 5.32 Å². The molecule has 0 unspecified atom stereocenters. The summed E-state index contributed by atoms with van der Waals surface area (Å²) in [4.78, 5) is 0. The summed E-state index contributed by atoms with van der Waals surface area (Å²) >= 11 is 0. The number of nitrogens with one attached hydrogen (secondary N) is 1. The van der Waals surface area contributed by atoms with E-state index in [-0.39, 0.29) is 0 Å². The van der Waals surface area contributed by atoms with Crippen molar-refractivity contribution >= 4 is 43.7 Å². The fourth-order valence-corrected chi connectivity index (χ4v) is 4.44. The van der Waals surface area contributed by atoms with Crippen molar-refractivity contribution in [1.82, 2.24) is 0 Å². The van der Waals surface area contributed by atoms with Gasteiger partial charge in [0.05, 0.1) is 0 Å². The molecule has 0 spiro atoms. The molecule has 6 aromatic rings. The highest BCUT2D eigenvalue weighted by Gasteiger charge is 2.06. The third kappa shape index (κ3) is 3.21. The lowest BCUT2D eigenvalue weighted by molar-refractivity contribution is 1.55. The summed E-state index contributed by atoms with van der Waals surface area (Å²) in [7, 11) is 0. The first-order valence-electron chi connectivity index (χ1n) is 10.6. The zero-order valence-corrected chi connectivity index (χ0v) is 17.0. The number of hydrogen-bond donors (Lipinski definition) is 1. The number of benzene rings is 6. The molecule has 6 aromatic carbocycles. The van der Waals surface area contributed by atoms with E-state index in [0.717, 1.165) is 11.4 Å². The van der Waals surface area contributed by atoms with Crippen LogP contribution in [-0.2, 0) is 0 Å². The van der Waals surface area contributed by atoms with Crippen LogP contribution in [0.15, 0.2) is 121 Å². The minimum absolute atomic E-state index is 1.09. The number of hydrogen-bond acceptors (Lipinski definition) is 1. The van der Waals surface area contributed by atoms with Crippen LogP contribution < -0.4 is 5.32 Å². The highest BCUT2D eigenvalue weighted by Crippen LogP contribution is 2.33. The Bertz CT molecular complexity index is 1530. The van der Waals surface area contributed by atoms with E-state index < -0.39 is 0 Å². The molecule has 31 heavy (non-hydrogen) atoms. The quantitative estimate of drug-likeness (QED) is 0.296. The van der Waals surface area contributed by atoms with Crippen molar-refractivity contribution < 1.29 is 0 Å². The van der Waals surface area contributed by atoms with Crippen molar-refractivity contribution in [3.63, 3.8) is 0 Å². The number of fused-ring (bicyclic) bond motifs is 5. The first kappa shape index (κ1) is 17.7. The van der Waals surface area contributed by atoms with Gasteiger partial charge in [-0.2, -0.15) is 0 Å². The predicted molar refractivity (Wildman–Crippen MR) is 134 cm³/mol. The lowest BCUT2D eigenvalue weighted by Crippen LogP contribution is -1.90. The summed E-state index contributed by atoms with van der Waals surface area (Å²) in [6.07, 6.45) is 0. The molecule has 0 saturated heterocycles. The third-order valence-corrected chi connectivity index (χ3v) is 6.02. The van der Waals surface area contributed by atoms with E-state index in [9.17, 15) is 0 Å². The Morgan fingerprint density at radius 2 is 0.935 bits per heavy atom. The maximum Gasteiger partial charge on any atom is 0.0390 e. The standard InChI is InChI=1S/C30H21N/c1-2-6-21(7-3-1)22-10-15-25(16-11-22)31-26-17-12-24-14-18-28-27-9-5-4-8-23(27)13-19-29(28)30(24)20-26/h1-20,31H. The molecule has 1 heteroatoms. The van der Waals surface area contributed by atoms with E-state index in [2.05, 4.69) is 121 Å². The van der Waals surface area contributed by atoms with Crippen LogP contribution in [-0.4, -0.2) is 0 Å². The Kier molecular flexibility index (Phi) is 4.18. The Balaban J connectivity index is 1.39. The van der Waals surface area contributed by atoms with Gasteiger partial charge >= 0.3 is 0 Å². The second kappa shape index (κ2) is 7.30. The van der Waals surface area contributed by atoms with Gasteiger partial charge in [-0.15, -0.1) is 0 Å². The van der Waals surface area contributed by atoms with E-state index in [0.29, 0.717) is 0 Å². The molecule has 0 heterocycles. The highest BCUT2D eigenvalue weighted by atomic mass is 14.9. The maximum absolute atomic E-state index is 3.58. The minimum Gasteiger partial charge on any atom is -0.356 e. The smallest absolute Gasteiger partial charge is 0.0390 e. The molecule has 0 radical (unpaired) electrons. The predicted octanol–water partition coefficient (Wildman–Crippen LogP) is 8.56. The van der Waals surface area contributed by atoms with Gasteiger partial charge in [0.25, 0.3) is 0 Å². The first-order chi connectivity index (χ1) is 15.3. The van der Waals surface area contributed by atoms with Crippen molar-refractivity contribution in [2.45, 2.75) is 0 Å². The Morgan fingerprint density at radius 3 is 1.74 bits per heavy atom. The molecule has 0 atom stereocenters. The maximum atomic E-state index is 3.58. The van der Waals surface area contributed by atoms with Crippen LogP contribution in [0.25, 0.3) is 43.4 Å². The Labute approximate surface area is 181 Å². The molecule has 146 valence electrons. The van der Waals surface area contributed by atoms with E-state index in [1.165, 1.54) is 43.4 Å². The lowest BCUT2D eigenvalue weighted by atomic mass is 9.97. The Hall–Kier alpha value is -4.10. The fraction of sp³-hybridized carbons (Fsp3) is 0. The SMILES string of the molecule is c1ccc(-c2ccc(Nc3ccc4ccc5c6ccccc6ccc5c4c3)cc2)cc1. The zero-order chi connectivity index (χ0) is 20.6. The molecule has 0 saturated carbocycles. The molecule has 1 nitrogen and oxygen atoms in total. The van der Waals surface area contributed by atoms with E-state index in [4.69, 9.17) is 0 Å². The normalized spacial score (nSPS) is 11.2. The molecular formula is C30H21N. The molecular weight excluding hydrogens is 374 g/mol. The van der Waals surface area contributed by atoms with Crippen molar-refractivity contribution in [3.05, 3.63) is 121 Å². The largest absolute Gasteiger partial charge is 0.356 e. The monoisotopic (exact) mass is 395 g/mol. The summed E-state index contributed by atoms with van der Waals surface area (Å²) in [5.74, 6) is 0. The van der Waals surface area contributed by atoms with E-state index in [1.54, 1.807) is 0 Å². The van der Waals surface area contributed by atoms with Gasteiger partial charge in [-0.3, -0.25) is 0 Å². The van der Waals surface area contributed by atoms with Gasteiger partial charge in [0.15, 0.2) is 0 Å². The molecule has 0 aromatic heterocycles. The van der Waals surface area contributed by atoms with Gasteiger partial charge < -0.3 is 5.32 Å². The average molecular weight is 396 g/mol. The van der Waals surface area contributed by atoms with Crippen LogP contribution >= 0.6 is 0 Å². The molecule has 0 bridgehead atoms. The second-order valence-electron chi connectivity index (χ2n) is 7.95. The van der Waals surface area contributed by atoms with Gasteiger partial charge in [-0.1, -0.05) is 97.1 Å². The molecule has 0 amide bonds. The molecule has 1 N–H and O–H groups in total. The first-order valence-corrected chi connectivity index (χ1v) is 10.6. The zero-order valence-electron chi connectivity index (χ0n) is 17.0. The molecule has 0 aliphatic carbocycles.